The van der Waals surface area contributed by atoms with Gasteiger partial charge >= 0.3 is 5.97 Å². The third kappa shape index (κ3) is 3.71. The zero-order chi connectivity index (χ0) is 21.4. The zero-order valence-electron chi connectivity index (χ0n) is 17.1. The van der Waals surface area contributed by atoms with Gasteiger partial charge in [-0.1, -0.05) is 24.3 Å². The Hall–Kier alpha value is -3.48. The van der Waals surface area contributed by atoms with E-state index in [0.29, 0.717) is 17.4 Å². The van der Waals surface area contributed by atoms with E-state index >= 15 is 0 Å². The lowest BCUT2D eigenvalue weighted by Gasteiger charge is -2.26. The van der Waals surface area contributed by atoms with Crippen LogP contribution in [0.4, 0.5) is 0 Å². The van der Waals surface area contributed by atoms with Gasteiger partial charge in [0.1, 0.15) is 5.82 Å². The quantitative estimate of drug-likeness (QED) is 0.659. The predicted octanol–water partition coefficient (Wildman–Crippen LogP) is 2.69. The van der Waals surface area contributed by atoms with E-state index in [1.807, 2.05) is 18.2 Å². The van der Waals surface area contributed by atoms with Crippen molar-refractivity contribution in [2.45, 2.75) is 44.7 Å². The zero-order valence-corrected chi connectivity index (χ0v) is 17.1. The highest BCUT2D eigenvalue weighted by Crippen LogP contribution is 2.29. The van der Waals surface area contributed by atoms with Crippen LogP contribution in [0.25, 0.3) is 10.9 Å². The molecule has 1 atom stereocenters. The number of fused-ring (bicyclic) bond motifs is 3. The fourth-order valence-corrected chi connectivity index (χ4v) is 4.57. The van der Waals surface area contributed by atoms with E-state index in [2.05, 4.69) is 16.4 Å². The minimum Gasteiger partial charge on any atom is -0.452 e. The molecule has 1 N–H and O–H groups in total. The summed E-state index contributed by atoms with van der Waals surface area (Å²) in [6.45, 7) is 0.331. The first-order valence-corrected chi connectivity index (χ1v) is 10.7. The second-order valence-corrected chi connectivity index (χ2v) is 8.11. The average Bonchev–Trinajstić information content (AvgIpc) is 3.26. The molecule has 7 heteroatoms. The van der Waals surface area contributed by atoms with Gasteiger partial charge in [-0.3, -0.25) is 14.2 Å². The summed E-state index contributed by atoms with van der Waals surface area (Å²) in [6, 6.07) is 12.8. The summed E-state index contributed by atoms with van der Waals surface area (Å²) in [5.74, 6) is -0.191. The molecule has 0 bridgehead atoms. The molecule has 1 amide bonds. The van der Waals surface area contributed by atoms with Crippen molar-refractivity contribution in [2.24, 2.45) is 0 Å². The maximum Gasteiger partial charge on any atom is 0.338 e. The van der Waals surface area contributed by atoms with Crippen molar-refractivity contribution in [1.82, 2.24) is 14.9 Å². The third-order valence-corrected chi connectivity index (χ3v) is 6.09. The summed E-state index contributed by atoms with van der Waals surface area (Å²) in [7, 11) is 0. The average molecular weight is 417 g/mol. The number of hydrogen-bond donors (Lipinski definition) is 1. The molecule has 0 fully saturated rings. The molecule has 0 radical (unpaired) electrons. The fourth-order valence-electron chi connectivity index (χ4n) is 4.57. The Balaban J connectivity index is 1.26. The Morgan fingerprint density at radius 3 is 2.90 bits per heavy atom. The van der Waals surface area contributed by atoms with Gasteiger partial charge in [0.15, 0.2) is 6.61 Å². The van der Waals surface area contributed by atoms with Crippen molar-refractivity contribution in [3.63, 3.8) is 0 Å². The van der Waals surface area contributed by atoms with Gasteiger partial charge in [0.2, 0.25) is 0 Å². The molecule has 0 saturated heterocycles. The summed E-state index contributed by atoms with van der Waals surface area (Å²) < 4.78 is 6.92. The molecule has 1 aromatic heterocycles. The third-order valence-electron chi connectivity index (χ3n) is 6.09. The van der Waals surface area contributed by atoms with Crippen LogP contribution < -0.4 is 10.9 Å². The second-order valence-electron chi connectivity index (χ2n) is 8.11. The van der Waals surface area contributed by atoms with E-state index < -0.39 is 5.97 Å². The van der Waals surface area contributed by atoms with Crippen LogP contribution in [0.3, 0.4) is 0 Å². The summed E-state index contributed by atoms with van der Waals surface area (Å²) in [5, 5.41) is 3.46. The number of aryl methyl sites for hydroxylation is 2. The van der Waals surface area contributed by atoms with Gasteiger partial charge in [0.05, 0.1) is 22.5 Å². The number of amides is 1. The highest BCUT2D eigenvalue weighted by Gasteiger charge is 2.22. The molecular weight excluding hydrogens is 394 g/mol. The Morgan fingerprint density at radius 1 is 1.13 bits per heavy atom. The van der Waals surface area contributed by atoms with Crippen molar-refractivity contribution in [3.8, 4) is 0 Å². The van der Waals surface area contributed by atoms with Crippen molar-refractivity contribution >= 4 is 22.8 Å². The highest BCUT2D eigenvalue weighted by molar-refractivity contribution is 5.95. The van der Waals surface area contributed by atoms with Crippen molar-refractivity contribution in [3.05, 3.63) is 75.3 Å². The van der Waals surface area contributed by atoms with E-state index in [1.54, 1.807) is 22.8 Å². The summed E-state index contributed by atoms with van der Waals surface area (Å²) in [5.41, 5.74) is 3.06. The van der Waals surface area contributed by atoms with Crippen LogP contribution in [-0.4, -0.2) is 28.0 Å². The summed E-state index contributed by atoms with van der Waals surface area (Å²) in [4.78, 5) is 42.0. The van der Waals surface area contributed by atoms with Gasteiger partial charge in [-0.05, 0) is 55.0 Å². The largest absolute Gasteiger partial charge is 0.452 e. The first-order chi connectivity index (χ1) is 15.1. The number of rotatable bonds is 4. The molecular formula is C24H23N3O4. The molecule has 158 valence electrons. The Labute approximate surface area is 179 Å². The molecule has 5 rings (SSSR count). The first-order valence-electron chi connectivity index (χ1n) is 10.7. The van der Waals surface area contributed by atoms with Gasteiger partial charge in [-0.2, -0.15) is 0 Å². The molecule has 31 heavy (non-hydrogen) atoms. The lowest BCUT2D eigenvalue weighted by Crippen LogP contribution is -2.34. The molecule has 3 aromatic rings. The molecule has 1 aliphatic heterocycles. The topological polar surface area (TPSA) is 90.3 Å². The van der Waals surface area contributed by atoms with Crippen LogP contribution in [0.15, 0.2) is 47.3 Å². The summed E-state index contributed by atoms with van der Waals surface area (Å²) in [6.07, 6.45) is 4.54. The summed E-state index contributed by atoms with van der Waals surface area (Å²) >= 11 is 0. The maximum absolute atomic E-state index is 12.5. The first kappa shape index (κ1) is 19.5. The molecule has 2 aliphatic rings. The number of carbonyl (C=O) groups is 2. The smallest absolute Gasteiger partial charge is 0.338 e. The van der Waals surface area contributed by atoms with Crippen molar-refractivity contribution in [2.75, 3.05) is 6.61 Å². The fraction of sp³-hybridized carbons (Fsp3) is 0.333. The van der Waals surface area contributed by atoms with Crippen LogP contribution >= 0.6 is 0 Å². The molecule has 0 spiro atoms. The van der Waals surface area contributed by atoms with Gasteiger partial charge < -0.3 is 10.1 Å². The Morgan fingerprint density at radius 2 is 2.00 bits per heavy atom. The number of benzene rings is 2. The minimum absolute atomic E-state index is 0.0592. The van der Waals surface area contributed by atoms with E-state index in [-0.39, 0.29) is 29.7 Å². The Kier molecular flexibility index (Phi) is 5.02. The van der Waals surface area contributed by atoms with Gasteiger partial charge in [0.25, 0.3) is 11.5 Å². The molecule has 0 saturated carbocycles. The number of aromatic nitrogens is 2. The number of nitrogens with one attached hydrogen (secondary N) is 1. The number of ether oxygens (including phenoxy) is 1. The van der Waals surface area contributed by atoms with Crippen LogP contribution in [0, 0.1) is 0 Å². The number of hydrogen-bond acceptors (Lipinski definition) is 5. The van der Waals surface area contributed by atoms with Crippen molar-refractivity contribution < 1.29 is 14.3 Å². The molecule has 2 aromatic carbocycles. The van der Waals surface area contributed by atoms with Gasteiger partial charge in [-0.15, -0.1) is 0 Å². The molecule has 1 aliphatic carbocycles. The highest BCUT2D eigenvalue weighted by atomic mass is 16.5. The molecule has 2 heterocycles. The van der Waals surface area contributed by atoms with Crippen LogP contribution in [0.1, 0.15) is 52.6 Å². The van der Waals surface area contributed by atoms with Crippen molar-refractivity contribution in [1.29, 1.82) is 0 Å². The predicted molar refractivity (Wildman–Crippen MR) is 115 cm³/mol. The lowest BCUT2D eigenvalue weighted by molar-refractivity contribution is -0.125. The van der Waals surface area contributed by atoms with E-state index in [1.165, 1.54) is 5.56 Å². The number of esters is 1. The van der Waals surface area contributed by atoms with E-state index in [0.717, 1.165) is 43.5 Å². The van der Waals surface area contributed by atoms with Gasteiger partial charge in [-0.25, -0.2) is 9.78 Å². The van der Waals surface area contributed by atoms with E-state index in [4.69, 9.17) is 4.74 Å². The van der Waals surface area contributed by atoms with Gasteiger partial charge in [0, 0.05) is 13.0 Å². The number of carbonyl (C=O) groups excluding carboxylic acids is 2. The SMILES string of the molecule is O=C(COC(=O)c1ccc2c(=O)n3c(nc2c1)CCC3)N[C@@H]1CCCc2ccccc21. The van der Waals surface area contributed by atoms with E-state index in [9.17, 15) is 14.4 Å². The second kappa shape index (κ2) is 7.98. The van der Waals surface area contributed by atoms with Crippen LogP contribution in [0.2, 0.25) is 0 Å². The Bertz CT molecular complexity index is 1250. The maximum atomic E-state index is 12.5. The number of nitrogens with zero attached hydrogens (tertiary/aromatic N) is 2. The monoisotopic (exact) mass is 417 g/mol. The molecule has 0 unspecified atom stereocenters. The lowest BCUT2D eigenvalue weighted by atomic mass is 9.88. The normalized spacial score (nSPS) is 17.1. The minimum atomic E-state index is -0.608. The van der Waals surface area contributed by atoms with Crippen LogP contribution in [-0.2, 0) is 28.9 Å². The molecule has 7 nitrogen and oxygen atoms in total. The standard InChI is InChI=1S/C24H23N3O4/c28-22(26-19-8-3-6-15-5-1-2-7-17(15)19)14-31-24(30)16-10-11-18-20(13-16)25-21-9-4-12-27(21)23(18)29/h1-2,5,7,10-11,13,19H,3-4,6,8-9,12,14H2,(H,26,28)/t19-/m1/s1. The van der Waals surface area contributed by atoms with Crippen LogP contribution in [0.5, 0.6) is 0 Å².